The highest BCUT2D eigenvalue weighted by Crippen LogP contribution is 2.26. The standard InChI is InChI=1S/C20H30N2O5S/c1-5-16(4)21-19(23)13-27-20(24)17-6-8-18(9-7-17)28(25,26)22-11-14(2)10-15(3)12-22/h6-9,14-16H,5,10-13H2,1-4H3,(H,21,23)/t14-,15+,16-/m0/s1. The summed E-state index contributed by atoms with van der Waals surface area (Å²) in [5.74, 6) is -0.401. The number of carbonyl (C=O) groups is 2. The minimum atomic E-state index is -3.60. The lowest BCUT2D eigenvalue weighted by atomic mass is 9.94. The third-order valence-corrected chi connectivity index (χ3v) is 6.76. The number of benzene rings is 1. The van der Waals surface area contributed by atoms with Gasteiger partial charge >= 0.3 is 5.97 Å². The lowest BCUT2D eigenvalue weighted by Gasteiger charge is -2.34. The zero-order chi connectivity index (χ0) is 20.9. The monoisotopic (exact) mass is 410 g/mol. The van der Waals surface area contributed by atoms with Crippen molar-refractivity contribution in [1.29, 1.82) is 0 Å². The topological polar surface area (TPSA) is 92.8 Å². The van der Waals surface area contributed by atoms with Gasteiger partial charge in [0.05, 0.1) is 10.5 Å². The second kappa shape index (κ2) is 9.52. The summed E-state index contributed by atoms with van der Waals surface area (Å²) in [7, 11) is -3.60. The van der Waals surface area contributed by atoms with Crippen molar-refractivity contribution in [2.24, 2.45) is 11.8 Å². The molecule has 0 aromatic heterocycles. The van der Waals surface area contributed by atoms with Gasteiger partial charge in [-0.05, 0) is 55.9 Å². The first-order valence-corrected chi connectivity index (χ1v) is 11.1. The molecule has 8 heteroatoms. The Bertz CT molecular complexity index is 781. The van der Waals surface area contributed by atoms with Crippen LogP contribution in [0.25, 0.3) is 0 Å². The lowest BCUT2D eigenvalue weighted by Crippen LogP contribution is -2.42. The van der Waals surface area contributed by atoms with Crippen LogP contribution in [0.1, 0.15) is 50.9 Å². The van der Waals surface area contributed by atoms with Crippen LogP contribution < -0.4 is 5.32 Å². The molecule has 0 radical (unpaired) electrons. The Morgan fingerprint density at radius 3 is 2.29 bits per heavy atom. The van der Waals surface area contributed by atoms with Gasteiger partial charge in [-0.15, -0.1) is 0 Å². The molecule has 1 saturated heterocycles. The number of ether oxygens (including phenoxy) is 1. The van der Waals surface area contributed by atoms with Gasteiger partial charge in [-0.1, -0.05) is 20.8 Å². The second-order valence-corrected chi connectivity index (χ2v) is 9.68. The minimum Gasteiger partial charge on any atom is -0.452 e. The smallest absolute Gasteiger partial charge is 0.338 e. The molecular weight excluding hydrogens is 380 g/mol. The van der Waals surface area contributed by atoms with Gasteiger partial charge in [0.15, 0.2) is 6.61 Å². The third kappa shape index (κ3) is 5.78. The van der Waals surface area contributed by atoms with E-state index in [0.29, 0.717) is 24.9 Å². The molecule has 1 heterocycles. The number of hydrogen-bond acceptors (Lipinski definition) is 5. The molecule has 1 fully saturated rings. The number of carbonyl (C=O) groups excluding carboxylic acids is 2. The van der Waals surface area contributed by atoms with Crippen molar-refractivity contribution >= 4 is 21.9 Å². The fraction of sp³-hybridized carbons (Fsp3) is 0.600. The van der Waals surface area contributed by atoms with Crippen LogP contribution in [-0.4, -0.2) is 50.3 Å². The number of nitrogens with one attached hydrogen (secondary N) is 1. The van der Waals surface area contributed by atoms with E-state index in [1.54, 1.807) is 0 Å². The average Bonchev–Trinajstić information content (AvgIpc) is 2.65. The first-order valence-electron chi connectivity index (χ1n) is 9.70. The van der Waals surface area contributed by atoms with Gasteiger partial charge in [0, 0.05) is 19.1 Å². The van der Waals surface area contributed by atoms with Crippen LogP contribution in [0.4, 0.5) is 0 Å². The molecule has 0 saturated carbocycles. The van der Waals surface area contributed by atoms with Gasteiger partial charge in [-0.25, -0.2) is 13.2 Å². The zero-order valence-corrected chi connectivity index (χ0v) is 17.8. The molecule has 0 spiro atoms. The van der Waals surface area contributed by atoms with E-state index in [2.05, 4.69) is 19.2 Å². The fourth-order valence-corrected chi connectivity index (χ4v) is 5.03. The van der Waals surface area contributed by atoms with E-state index in [9.17, 15) is 18.0 Å². The number of sulfonamides is 1. The number of hydrogen-bond donors (Lipinski definition) is 1. The van der Waals surface area contributed by atoms with E-state index in [0.717, 1.165) is 12.8 Å². The summed E-state index contributed by atoms with van der Waals surface area (Å²) in [6.45, 7) is 8.54. The van der Waals surface area contributed by atoms with Crippen molar-refractivity contribution in [2.45, 2.75) is 51.5 Å². The molecule has 0 bridgehead atoms. The summed E-state index contributed by atoms with van der Waals surface area (Å²) in [4.78, 5) is 23.9. The molecule has 1 amide bonds. The van der Waals surface area contributed by atoms with Crippen molar-refractivity contribution in [3.8, 4) is 0 Å². The molecule has 3 atom stereocenters. The molecule has 1 N–H and O–H groups in total. The SMILES string of the molecule is CC[C@H](C)NC(=O)COC(=O)c1ccc(S(=O)(=O)N2C[C@H](C)C[C@H](C)C2)cc1. The number of rotatable bonds is 7. The quantitative estimate of drug-likeness (QED) is 0.697. The van der Waals surface area contributed by atoms with E-state index in [-0.39, 0.29) is 29.0 Å². The molecule has 7 nitrogen and oxygen atoms in total. The summed E-state index contributed by atoms with van der Waals surface area (Å²) in [5, 5.41) is 2.71. The molecule has 0 unspecified atom stereocenters. The molecule has 28 heavy (non-hydrogen) atoms. The van der Waals surface area contributed by atoms with Gasteiger partial charge < -0.3 is 10.1 Å². The number of nitrogens with zero attached hydrogens (tertiary/aromatic N) is 1. The van der Waals surface area contributed by atoms with Gasteiger partial charge in [-0.2, -0.15) is 4.31 Å². The van der Waals surface area contributed by atoms with Crippen molar-refractivity contribution in [3.05, 3.63) is 29.8 Å². The van der Waals surface area contributed by atoms with Gasteiger partial charge in [-0.3, -0.25) is 4.79 Å². The maximum atomic E-state index is 12.9. The first-order chi connectivity index (χ1) is 13.1. The van der Waals surface area contributed by atoms with Crippen LogP contribution in [0, 0.1) is 11.8 Å². The number of esters is 1. The summed E-state index contributed by atoms with van der Waals surface area (Å²) in [6, 6.07) is 5.66. The van der Waals surface area contributed by atoms with Crippen molar-refractivity contribution in [3.63, 3.8) is 0 Å². The van der Waals surface area contributed by atoms with Crippen LogP contribution >= 0.6 is 0 Å². The molecule has 0 aliphatic carbocycles. The number of amides is 1. The Morgan fingerprint density at radius 1 is 1.18 bits per heavy atom. The Kier molecular flexibility index (Phi) is 7.60. The van der Waals surface area contributed by atoms with Crippen molar-refractivity contribution < 1.29 is 22.7 Å². The first kappa shape index (κ1) is 22.4. The van der Waals surface area contributed by atoms with E-state index in [1.165, 1.54) is 28.6 Å². The zero-order valence-electron chi connectivity index (χ0n) is 17.0. The highest BCUT2D eigenvalue weighted by atomic mass is 32.2. The summed E-state index contributed by atoms with van der Waals surface area (Å²) >= 11 is 0. The average molecular weight is 411 g/mol. The normalized spacial score (nSPS) is 21.7. The Morgan fingerprint density at radius 2 is 1.75 bits per heavy atom. The van der Waals surface area contributed by atoms with Crippen LogP contribution in [0.3, 0.4) is 0 Å². The maximum Gasteiger partial charge on any atom is 0.338 e. The van der Waals surface area contributed by atoms with E-state index < -0.39 is 16.0 Å². The maximum absolute atomic E-state index is 12.9. The van der Waals surface area contributed by atoms with Gasteiger partial charge in [0.25, 0.3) is 5.91 Å². The van der Waals surface area contributed by atoms with Crippen molar-refractivity contribution in [2.75, 3.05) is 19.7 Å². The predicted octanol–water partition coefficient (Wildman–Crippen LogP) is 2.42. The van der Waals surface area contributed by atoms with E-state index in [4.69, 9.17) is 4.74 Å². The van der Waals surface area contributed by atoms with Crippen LogP contribution in [0.5, 0.6) is 0 Å². The molecule has 1 aliphatic rings. The molecule has 1 aromatic rings. The number of piperidine rings is 1. The van der Waals surface area contributed by atoms with E-state index >= 15 is 0 Å². The Hall–Kier alpha value is -1.93. The molecule has 1 aliphatic heterocycles. The lowest BCUT2D eigenvalue weighted by molar-refractivity contribution is -0.124. The predicted molar refractivity (Wildman–Crippen MR) is 106 cm³/mol. The fourth-order valence-electron chi connectivity index (χ4n) is 3.35. The highest BCUT2D eigenvalue weighted by Gasteiger charge is 2.31. The molecular formula is C20H30N2O5S. The van der Waals surface area contributed by atoms with Crippen LogP contribution in [-0.2, 0) is 19.6 Å². The van der Waals surface area contributed by atoms with Crippen LogP contribution in [0.15, 0.2) is 29.2 Å². The molecule has 156 valence electrons. The van der Waals surface area contributed by atoms with Gasteiger partial charge in [0.2, 0.25) is 10.0 Å². The van der Waals surface area contributed by atoms with E-state index in [1.807, 2.05) is 13.8 Å². The van der Waals surface area contributed by atoms with Crippen molar-refractivity contribution in [1.82, 2.24) is 9.62 Å². The second-order valence-electron chi connectivity index (χ2n) is 7.75. The minimum absolute atomic E-state index is 0.0101. The Labute approximate surface area is 167 Å². The highest BCUT2D eigenvalue weighted by molar-refractivity contribution is 7.89. The molecule has 2 rings (SSSR count). The largest absolute Gasteiger partial charge is 0.452 e. The van der Waals surface area contributed by atoms with Crippen LogP contribution in [0.2, 0.25) is 0 Å². The summed E-state index contributed by atoms with van der Waals surface area (Å²) < 4.78 is 32.2. The summed E-state index contributed by atoms with van der Waals surface area (Å²) in [5.41, 5.74) is 0.204. The van der Waals surface area contributed by atoms with Gasteiger partial charge in [0.1, 0.15) is 0 Å². The summed E-state index contributed by atoms with van der Waals surface area (Å²) in [6.07, 6.45) is 1.80. The molecule has 1 aromatic carbocycles. The third-order valence-electron chi connectivity index (χ3n) is 4.92. The Balaban J connectivity index is 2.00.